The van der Waals surface area contributed by atoms with Crippen molar-refractivity contribution in [3.05, 3.63) is 29.3 Å². The number of aryl methyl sites for hydroxylation is 1. The Hall–Kier alpha value is -1.76. The fourth-order valence-corrected chi connectivity index (χ4v) is 2.40. The minimum Gasteiger partial charge on any atom is -0.483 e. The van der Waals surface area contributed by atoms with Crippen LogP contribution in [0.3, 0.4) is 0 Å². The molecular weight excluding hydrogens is 333 g/mol. The van der Waals surface area contributed by atoms with Crippen LogP contribution in [0.5, 0.6) is 5.75 Å². The van der Waals surface area contributed by atoms with Crippen LogP contribution >= 0.6 is 0 Å². The van der Waals surface area contributed by atoms with Gasteiger partial charge in [0.1, 0.15) is 5.75 Å². The van der Waals surface area contributed by atoms with Crippen molar-refractivity contribution in [2.75, 3.05) is 33.3 Å². The van der Waals surface area contributed by atoms with E-state index in [1.165, 1.54) is 11.9 Å². The maximum atomic E-state index is 12.2. The van der Waals surface area contributed by atoms with E-state index in [2.05, 4.69) is 19.2 Å². The Bertz CT molecular complexity index is 560. The Morgan fingerprint density at radius 1 is 1.32 bits per heavy atom. The van der Waals surface area contributed by atoms with Crippen molar-refractivity contribution in [2.45, 2.75) is 39.3 Å². The summed E-state index contributed by atoms with van der Waals surface area (Å²) in [6.07, 6.45) is -3.76. The van der Waals surface area contributed by atoms with Gasteiger partial charge in [-0.1, -0.05) is 26.0 Å². The summed E-state index contributed by atoms with van der Waals surface area (Å²) in [7, 11) is 1.41. The first kappa shape index (κ1) is 21.3. The molecule has 0 atom stereocenters. The van der Waals surface area contributed by atoms with Crippen LogP contribution < -0.4 is 10.1 Å². The Morgan fingerprint density at radius 3 is 2.60 bits per heavy atom. The molecule has 1 aromatic carbocycles. The largest absolute Gasteiger partial charge is 0.483 e. The first-order chi connectivity index (χ1) is 11.6. The fraction of sp³-hybridized carbons (Fsp3) is 0.611. The molecule has 1 N–H and O–H groups in total. The second-order valence-corrected chi connectivity index (χ2v) is 6.54. The Labute approximate surface area is 147 Å². The maximum Gasteiger partial charge on any atom is 0.401 e. The van der Waals surface area contributed by atoms with Crippen molar-refractivity contribution in [3.63, 3.8) is 0 Å². The lowest BCUT2D eigenvalue weighted by molar-refractivity contribution is -0.143. The second kappa shape index (κ2) is 9.65. The van der Waals surface area contributed by atoms with Crippen LogP contribution in [-0.2, 0) is 4.79 Å². The molecule has 142 valence electrons. The topological polar surface area (TPSA) is 41.6 Å². The molecule has 0 aliphatic carbocycles. The molecule has 0 heterocycles. The molecule has 25 heavy (non-hydrogen) atoms. The zero-order valence-electron chi connectivity index (χ0n) is 15.2. The summed E-state index contributed by atoms with van der Waals surface area (Å²) in [6.45, 7) is 5.57. The molecule has 0 spiro atoms. The van der Waals surface area contributed by atoms with Crippen LogP contribution in [0.2, 0.25) is 0 Å². The molecule has 1 amide bonds. The lowest BCUT2D eigenvalue weighted by Crippen LogP contribution is -2.35. The van der Waals surface area contributed by atoms with Gasteiger partial charge in [0.05, 0.1) is 6.54 Å². The smallest absolute Gasteiger partial charge is 0.401 e. The third-order valence-electron chi connectivity index (χ3n) is 3.64. The first-order valence-corrected chi connectivity index (χ1v) is 8.34. The van der Waals surface area contributed by atoms with Gasteiger partial charge in [-0.05, 0) is 50.0 Å². The van der Waals surface area contributed by atoms with Gasteiger partial charge >= 0.3 is 6.18 Å². The van der Waals surface area contributed by atoms with Crippen molar-refractivity contribution >= 4 is 5.91 Å². The minimum absolute atomic E-state index is 0.110. The molecular formula is C18H27F3N2O2. The van der Waals surface area contributed by atoms with Crippen LogP contribution in [0.4, 0.5) is 13.2 Å². The average Bonchev–Trinajstić information content (AvgIpc) is 2.47. The number of alkyl halides is 3. The molecule has 0 bridgehead atoms. The molecule has 0 radical (unpaired) electrons. The van der Waals surface area contributed by atoms with Crippen molar-refractivity contribution < 1.29 is 22.7 Å². The van der Waals surface area contributed by atoms with Gasteiger partial charge in [-0.15, -0.1) is 0 Å². The normalized spacial score (nSPS) is 11.9. The van der Waals surface area contributed by atoms with Crippen molar-refractivity contribution in [1.29, 1.82) is 0 Å². The van der Waals surface area contributed by atoms with Gasteiger partial charge in [0.25, 0.3) is 5.91 Å². The van der Waals surface area contributed by atoms with Crippen LogP contribution in [-0.4, -0.2) is 50.3 Å². The SMILES string of the molecule is Cc1ccc(C(C)C)c(OCC(=O)NCCCN(C)CC(F)(F)F)c1. The predicted molar refractivity (Wildman–Crippen MR) is 91.9 cm³/mol. The minimum atomic E-state index is -4.20. The summed E-state index contributed by atoms with van der Waals surface area (Å²) in [5.74, 6) is 0.688. The lowest BCUT2D eigenvalue weighted by atomic mass is 10.0. The monoisotopic (exact) mass is 360 g/mol. The maximum absolute atomic E-state index is 12.2. The Morgan fingerprint density at radius 2 is 2.00 bits per heavy atom. The van der Waals surface area contributed by atoms with Gasteiger partial charge in [0.2, 0.25) is 0 Å². The van der Waals surface area contributed by atoms with E-state index in [-0.39, 0.29) is 25.0 Å². The van der Waals surface area contributed by atoms with E-state index in [9.17, 15) is 18.0 Å². The van der Waals surface area contributed by atoms with E-state index in [1.54, 1.807) is 0 Å². The van der Waals surface area contributed by atoms with E-state index in [0.717, 1.165) is 11.1 Å². The summed E-state index contributed by atoms with van der Waals surface area (Å²) in [5, 5.41) is 2.66. The standard InChI is InChI=1S/C18H27F3N2O2/c1-13(2)15-7-6-14(3)10-16(15)25-11-17(24)22-8-5-9-23(4)12-18(19,20)21/h6-7,10,13H,5,8-9,11-12H2,1-4H3,(H,22,24). The van der Waals surface area contributed by atoms with Crippen molar-refractivity contribution in [3.8, 4) is 5.75 Å². The van der Waals surface area contributed by atoms with Gasteiger partial charge in [-0.3, -0.25) is 9.69 Å². The van der Waals surface area contributed by atoms with Gasteiger partial charge in [-0.25, -0.2) is 0 Å². The number of benzene rings is 1. The highest BCUT2D eigenvalue weighted by Crippen LogP contribution is 2.27. The number of nitrogens with one attached hydrogen (secondary N) is 1. The van der Waals surface area contributed by atoms with Gasteiger partial charge in [-0.2, -0.15) is 13.2 Å². The quantitative estimate of drug-likeness (QED) is 0.686. The predicted octanol–water partition coefficient (Wildman–Crippen LogP) is 3.50. The zero-order chi connectivity index (χ0) is 19.0. The van der Waals surface area contributed by atoms with Crippen LogP contribution in [0.25, 0.3) is 0 Å². The number of hydrogen-bond acceptors (Lipinski definition) is 3. The highest BCUT2D eigenvalue weighted by atomic mass is 19.4. The summed E-state index contributed by atoms with van der Waals surface area (Å²) in [6, 6.07) is 5.89. The van der Waals surface area contributed by atoms with Crippen molar-refractivity contribution in [1.82, 2.24) is 10.2 Å². The zero-order valence-corrected chi connectivity index (χ0v) is 15.2. The fourth-order valence-electron chi connectivity index (χ4n) is 2.40. The molecule has 0 saturated heterocycles. The molecule has 0 unspecified atom stereocenters. The highest BCUT2D eigenvalue weighted by molar-refractivity contribution is 5.77. The molecule has 4 nitrogen and oxygen atoms in total. The second-order valence-electron chi connectivity index (χ2n) is 6.54. The summed E-state index contributed by atoms with van der Waals surface area (Å²) >= 11 is 0. The number of ether oxygens (including phenoxy) is 1. The number of carbonyl (C=O) groups excluding carboxylic acids is 1. The Kier molecular flexibility index (Phi) is 8.22. The molecule has 0 aliphatic rings. The van der Waals surface area contributed by atoms with Crippen molar-refractivity contribution in [2.24, 2.45) is 0 Å². The molecule has 0 fully saturated rings. The van der Waals surface area contributed by atoms with Crippen LogP contribution in [0.15, 0.2) is 18.2 Å². The van der Waals surface area contributed by atoms with Gasteiger partial charge < -0.3 is 10.1 Å². The lowest BCUT2D eigenvalue weighted by Gasteiger charge is -2.18. The molecule has 0 saturated carbocycles. The number of carbonyl (C=O) groups is 1. The summed E-state index contributed by atoms with van der Waals surface area (Å²) in [5.41, 5.74) is 2.08. The van der Waals surface area contributed by atoms with E-state index in [4.69, 9.17) is 4.74 Å². The van der Waals surface area contributed by atoms with E-state index >= 15 is 0 Å². The number of hydrogen-bond donors (Lipinski definition) is 1. The van der Waals surface area contributed by atoms with Gasteiger partial charge in [0, 0.05) is 6.54 Å². The molecule has 1 rings (SSSR count). The summed E-state index contributed by atoms with van der Waals surface area (Å²) in [4.78, 5) is 13.0. The highest BCUT2D eigenvalue weighted by Gasteiger charge is 2.28. The summed E-state index contributed by atoms with van der Waals surface area (Å²) < 4.78 is 42.2. The number of amides is 1. The van der Waals surface area contributed by atoms with Gasteiger partial charge in [0.15, 0.2) is 6.61 Å². The average molecular weight is 360 g/mol. The number of halogens is 3. The van der Waals surface area contributed by atoms with E-state index < -0.39 is 12.7 Å². The Balaban J connectivity index is 2.33. The van der Waals surface area contributed by atoms with Crippen LogP contribution in [0, 0.1) is 6.92 Å². The number of nitrogens with zero attached hydrogens (tertiary/aromatic N) is 1. The third kappa shape index (κ3) is 8.77. The van der Waals surface area contributed by atoms with E-state index in [0.29, 0.717) is 18.7 Å². The molecule has 0 aliphatic heterocycles. The van der Waals surface area contributed by atoms with E-state index in [1.807, 2.05) is 25.1 Å². The number of rotatable bonds is 9. The molecule has 0 aromatic heterocycles. The first-order valence-electron chi connectivity index (χ1n) is 8.34. The van der Waals surface area contributed by atoms with Crippen LogP contribution in [0.1, 0.15) is 37.3 Å². The molecule has 1 aromatic rings. The third-order valence-corrected chi connectivity index (χ3v) is 3.64. The molecule has 7 heteroatoms.